The molecule has 2 aromatic heterocycles. The number of anilines is 1. The molecule has 3 heterocycles. The van der Waals surface area contributed by atoms with Crippen molar-refractivity contribution in [3.05, 3.63) is 28.5 Å². The fourth-order valence-corrected chi connectivity index (χ4v) is 4.84. The molecule has 1 aliphatic heterocycles. The SMILES string of the molecule is C[C@H]1CCCN1C(=O)c1nc(C(=O)N[C@H](C)C(C)(C)O)sc1-c1cnc(NCC(C)(C)C)cc1C(F)F. The maximum atomic E-state index is 14.3. The van der Waals surface area contributed by atoms with Crippen molar-refractivity contribution in [2.75, 3.05) is 18.4 Å². The van der Waals surface area contributed by atoms with Crippen molar-refractivity contribution < 1.29 is 23.5 Å². The molecule has 204 valence electrons. The number of hydrogen-bond donors (Lipinski definition) is 3. The molecule has 2 atom stereocenters. The summed E-state index contributed by atoms with van der Waals surface area (Å²) in [5, 5.41) is 15.9. The van der Waals surface area contributed by atoms with Gasteiger partial charge in [-0.1, -0.05) is 20.8 Å². The molecule has 0 radical (unpaired) electrons. The Balaban J connectivity index is 2.07. The fourth-order valence-electron chi connectivity index (χ4n) is 3.84. The minimum atomic E-state index is -2.84. The Morgan fingerprint density at radius 3 is 2.49 bits per heavy atom. The largest absolute Gasteiger partial charge is 0.388 e. The number of nitrogens with zero attached hydrogens (tertiary/aromatic N) is 3. The summed E-state index contributed by atoms with van der Waals surface area (Å²) in [7, 11) is 0. The van der Waals surface area contributed by atoms with Crippen molar-refractivity contribution in [1.82, 2.24) is 20.2 Å². The van der Waals surface area contributed by atoms with Gasteiger partial charge in [-0.3, -0.25) is 9.59 Å². The van der Waals surface area contributed by atoms with E-state index in [1.165, 1.54) is 12.3 Å². The van der Waals surface area contributed by atoms with Crippen LogP contribution in [0.15, 0.2) is 12.3 Å². The van der Waals surface area contributed by atoms with Crippen molar-refractivity contribution in [3.63, 3.8) is 0 Å². The minimum Gasteiger partial charge on any atom is -0.388 e. The first kappa shape index (κ1) is 28.9. The Kier molecular flexibility index (Phi) is 8.58. The van der Waals surface area contributed by atoms with Crippen molar-refractivity contribution >= 4 is 29.0 Å². The van der Waals surface area contributed by atoms with Crippen LogP contribution in [0.5, 0.6) is 0 Å². The van der Waals surface area contributed by atoms with Crippen LogP contribution in [0.2, 0.25) is 0 Å². The number of thiazole rings is 1. The molecule has 0 unspecified atom stereocenters. The second kappa shape index (κ2) is 11.0. The van der Waals surface area contributed by atoms with E-state index in [-0.39, 0.29) is 38.2 Å². The normalized spacial score (nSPS) is 17.3. The van der Waals surface area contributed by atoms with Crippen LogP contribution in [-0.4, -0.2) is 62.6 Å². The van der Waals surface area contributed by atoms with Crippen molar-refractivity contribution in [3.8, 4) is 10.4 Å². The van der Waals surface area contributed by atoms with E-state index in [0.717, 1.165) is 24.2 Å². The van der Waals surface area contributed by atoms with E-state index in [2.05, 4.69) is 20.6 Å². The first-order chi connectivity index (χ1) is 17.1. The Hall–Kier alpha value is -2.66. The number of nitrogens with one attached hydrogen (secondary N) is 2. The molecular formula is C26H37F2N5O3S. The molecule has 37 heavy (non-hydrogen) atoms. The average molecular weight is 538 g/mol. The number of carbonyl (C=O) groups is 2. The van der Waals surface area contributed by atoms with Gasteiger partial charge in [0.25, 0.3) is 18.2 Å². The molecule has 1 fully saturated rings. The standard InChI is InChI=1S/C26H37F2N5O3S/c1-14-9-8-10-33(14)24(35)19-20(37-23(32-19)22(34)31-15(2)26(6,7)36)17-12-29-18(11-16(17)21(27)28)30-13-25(3,4)5/h11-12,14-15,21,36H,8-10,13H2,1-7H3,(H,29,30)(H,31,34)/t14-,15+/m0/s1. The van der Waals surface area contributed by atoms with Crippen molar-refractivity contribution in [2.24, 2.45) is 5.41 Å². The van der Waals surface area contributed by atoms with Gasteiger partial charge in [0.2, 0.25) is 0 Å². The number of aromatic nitrogens is 2. The number of carbonyl (C=O) groups excluding carboxylic acids is 2. The van der Waals surface area contributed by atoms with Gasteiger partial charge in [0.05, 0.1) is 16.5 Å². The first-order valence-electron chi connectivity index (χ1n) is 12.5. The Morgan fingerprint density at radius 1 is 1.27 bits per heavy atom. The predicted molar refractivity (Wildman–Crippen MR) is 141 cm³/mol. The highest BCUT2D eigenvalue weighted by molar-refractivity contribution is 7.17. The van der Waals surface area contributed by atoms with Crippen LogP contribution in [0, 0.1) is 5.41 Å². The second-order valence-electron chi connectivity index (χ2n) is 11.4. The van der Waals surface area contributed by atoms with Gasteiger partial charge < -0.3 is 20.6 Å². The third kappa shape index (κ3) is 7.01. The minimum absolute atomic E-state index is 0.0220. The summed E-state index contributed by atoms with van der Waals surface area (Å²) in [4.78, 5) is 37.0. The van der Waals surface area contributed by atoms with Gasteiger partial charge in [-0.05, 0) is 52.0 Å². The van der Waals surface area contributed by atoms with Crippen LogP contribution in [-0.2, 0) is 0 Å². The van der Waals surface area contributed by atoms with E-state index in [1.54, 1.807) is 25.7 Å². The molecule has 0 bridgehead atoms. The molecular weight excluding hydrogens is 500 g/mol. The van der Waals surface area contributed by atoms with Gasteiger partial charge in [-0.25, -0.2) is 18.7 Å². The van der Waals surface area contributed by atoms with E-state index in [4.69, 9.17) is 0 Å². The summed E-state index contributed by atoms with van der Waals surface area (Å²) in [6.07, 6.45) is 0.141. The monoisotopic (exact) mass is 537 g/mol. The lowest BCUT2D eigenvalue weighted by atomic mass is 9.97. The number of alkyl halides is 2. The molecule has 0 spiro atoms. The molecule has 0 aromatic carbocycles. The lowest BCUT2D eigenvalue weighted by Gasteiger charge is -2.26. The molecule has 3 rings (SSSR count). The van der Waals surface area contributed by atoms with Gasteiger partial charge in [0.15, 0.2) is 5.01 Å². The zero-order valence-corrected chi connectivity index (χ0v) is 23.3. The van der Waals surface area contributed by atoms with Gasteiger partial charge in [-0.2, -0.15) is 0 Å². The topological polar surface area (TPSA) is 107 Å². The molecule has 8 nitrogen and oxygen atoms in total. The molecule has 2 aromatic rings. The first-order valence-corrected chi connectivity index (χ1v) is 13.3. The Bertz CT molecular complexity index is 1140. The number of likely N-dealkylation sites (tertiary alicyclic amines) is 1. The molecule has 2 amide bonds. The van der Waals surface area contributed by atoms with Crippen molar-refractivity contribution in [2.45, 2.75) is 85.4 Å². The summed E-state index contributed by atoms with van der Waals surface area (Å²) >= 11 is 0.871. The summed E-state index contributed by atoms with van der Waals surface area (Å²) in [5.74, 6) is -0.693. The number of pyridine rings is 1. The van der Waals surface area contributed by atoms with E-state index in [9.17, 15) is 23.5 Å². The lowest BCUT2D eigenvalue weighted by Crippen LogP contribution is -2.47. The van der Waals surface area contributed by atoms with Gasteiger partial charge in [0, 0.05) is 36.5 Å². The van der Waals surface area contributed by atoms with Crippen LogP contribution in [0.25, 0.3) is 10.4 Å². The second-order valence-corrected chi connectivity index (χ2v) is 12.4. The Morgan fingerprint density at radius 2 is 1.95 bits per heavy atom. The predicted octanol–water partition coefficient (Wildman–Crippen LogP) is 5.11. The number of hydrogen-bond acceptors (Lipinski definition) is 7. The number of amides is 2. The van der Waals surface area contributed by atoms with E-state index in [1.807, 2.05) is 27.7 Å². The fraction of sp³-hybridized carbons (Fsp3) is 0.615. The van der Waals surface area contributed by atoms with Gasteiger partial charge in [-0.15, -0.1) is 11.3 Å². The maximum Gasteiger partial charge on any atom is 0.280 e. The van der Waals surface area contributed by atoms with E-state index in [0.29, 0.717) is 18.9 Å². The summed E-state index contributed by atoms with van der Waals surface area (Å²) in [6, 6.07) is 0.650. The van der Waals surface area contributed by atoms with Crippen molar-refractivity contribution in [1.29, 1.82) is 0 Å². The summed E-state index contributed by atoms with van der Waals surface area (Å²) in [5.41, 5.74) is -1.55. The summed E-state index contributed by atoms with van der Waals surface area (Å²) in [6.45, 7) is 13.8. The van der Waals surface area contributed by atoms with Gasteiger partial charge >= 0.3 is 0 Å². The van der Waals surface area contributed by atoms with Crippen LogP contribution in [0.4, 0.5) is 14.6 Å². The average Bonchev–Trinajstić information content (AvgIpc) is 3.42. The number of halogens is 2. The molecule has 0 aliphatic carbocycles. The van der Waals surface area contributed by atoms with Crippen LogP contribution < -0.4 is 10.6 Å². The highest BCUT2D eigenvalue weighted by Crippen LogP contribution is 2.39. The summed E-state index contributed by atoms with van der Waals surface area (Å²) < 4.78 is 28.5. The van der Waals surface area contributed by atoms with E-state index < -0.39 is 29.9 Å². The third-order valence-electron chi connectivity index (χ3n) is 6.46. The zero-order valence-electron chi connectivity index (χ0n) is 22.5. The van der Waals surface area contributed by atoms with Gasteiger partial charge in [0.1, 0.15) is 11.5 Å². The molecule has 1 aliphatic rings. The molecule has 3 N–H and O–H groups in total. The van der Waals surface area contributed by atoms with Crippen LogP contribution in [0.1, 0.15) is 93.6 Å². The maximum absolute atomic E-state index is 14.3. The van der Waals surface area contributed by atoms with Crippen LogP contribution in [0.3, 0.4) is 0 Å². The lowest BCUT2D eigenvalue weighted by molar-refractivity contribution is 0.0408. The molecule has 11 heteroatoms. The Labute approximate surface area is 220 Å². The van der Waals surface area contributed by atoms with E-state index >= 15 is 0 Å². The molecule has 0 saturated carbocycles. The quantitative estimate of drug-likeness (QED) is 0.432. The number of rotatable bonds is 8. The number of aliphatic hydroxyl groups is 1. The zero-order chi connectivity index (χ0) is 27.7. The highest BCUT2D eigenvalue weighted by atomic mass is 32.1. The van der Waals surface area contributed by atoms with Crippen LogP contribution >= 0.6 is 11.3 Å². The smallest absolute Gasteiger partial charge is 0.280 e. The third-order valence-corrected chi connectivity index (χ3v) is 7.55. The highest BCUT2D eigenvalue weighted by Gasteiger charge is 2.34. The molecule has 1 saturated heterocycles.